The summed E-state index contributed by atoms with van der Waals surface area (Å²) < 4.78 is 15.6. The topological polar surface area (TPSA) is 79.5 Å². The van der Waals surface area contributed by atoms with Gasteiger partial charge in [0, 0.05) is 20.3 Å². The van der Waals surface area contributed by atoms with Gasteiger partial charge in [0.1, 0.15) is 5.82 Å². The molecule has 1 rings (SSSR count). The minimum Gasteiger partial charge on any atom is -0.382 e. The van der Waals surface area contributed by atoms with E-state index >= 15 is 0 Å². The van der Waals surface area contributed by atoms with E-state index in [-0.39, 0.29) is 0 Å². The number of methoxy groups -OCH3 is 1. The predicted octanol–water partition coefficient (Wildman–Crippen LogP) is 0.628. The number of hydrogen-bond donors (Lipinski definition) is 1. The molecule has 0 saturated heterocycles. The maximum atomic E-state index is 5.42. The third-order valence-electron chi connectivity index (χ3n) is 1.98. The number of nitrogens with zero attached hydrogens (tertiary/aromatic N) is 2. The maximum Gasteiger partial charge on any atom is 0.141 e. The lowest BCUT2D eigenvalue weighted by molar-refractivity contribution is 0.0478. The third-order valence-corrected chi connectivity index (χ3v) is 1.98. The zero-order chi connectivity index (χ0) is 12.3. The van der Waals surface area contributed by atoms with Crippen molar-refractivity contribution in [2.24, 2.45) is 0 Å². The lowest BCUT2D eigenvalue weighted by atomic mass is 10.4. The third kappa shape index (κ3) is 6.83. The van der Waals surface area contributed by atoms with Crippen LogP contribution in [0, 0.1) is 0 Å². The molecule has 1 aromatic heterocycles. The van der Waals surface area contributed by atoms with Crippen LogP contribution in [0.1, 0.15) is 12.1 Å². The molecule has 0 aliphatic heterocycles. The summed E-state index contributed by atoms with van der Waals surface area (Å²) in [6.07, 6.45) is 3.99. The second-order valence-corrected chi connectivity index (χ2v) is 3.44. The van der Waals surface area contributed by atoms with Crippen LogP contribution in [-0.4, -0.2) is 43.5 Å². The summed E-state index contributed by atoms with van der Waals surface area (Å²) in [6.45, 7) is 3.02. The van der Waals surface area contributed by atoms with Gasteiger partial charge in [0.15, 0.2) is 0 Å². The molecule has 6 nitrogen and oxygen atoms in total. The lowest BCUT2D eigenvalue weighted by Gasteiger charge is -2.05. The van der Waals surface area contributed by atoms with Crippen LogP contribution >= 0.6 is 0 Å². The van der Waals surface area contributed by atoms with E-state index in [9.17, 15) is 0 Å². The average Bonchev–Trinajstić information content (AvgIpc) is 2.35. The Bertz CT molecular complexity index is 293. The van der Waals surface area contributed by atoms with E-state index in [0.29, 0.717) is 38.9 Å². The molecule has 0 fully saturated rings. The maximum absolute atomic E-state index is 5.42. The minimum absolute atomic E-state index is 0.417. The summed E-state index contributed by atoms with van der Waals surface area (Å²) in [5.41, 5.74) is 6.20. The number of ether oxygens (including phenoxy) is 3. The molecule has 17 heavy (non-hydrogen) atoms. The summed E-state index contributed by atoms with van der Waals surface area (Å²) in [5, 5.41) is 0. The standard InChI is InChI=1S/C11H19N3O3/c1-15-5-6-16-3-2-4-17-9-10-7-14-11(12)8-13-10/h7-8H,2-6,9H2,1H3,(H2,12,14). The zero-order valence-corrected chi connectivity index (χ0v) is 10.1. The Kier molecular flexibility index (Phi) is 7.20. The summed E-state index contributed by atoms with van der Waals surface area (Å²) in [5.74, 6) is 0.417. The second-order valence-electron chi connectivity index (χ2n) is 3.44. The minimum atomic E-state index is 0.417. The molecule has 0 radical (unpaired) electrons. The Morgan fingerprint density at radius 3 is 2.59 bits per heavy atom. The van der Waals surface area contributed by atoms with Gasteiger partial charge < -0.3 is 19.9 Å². The summed E-state index contributed by atoms with van der Waals surface area (Å²) in [4.78, 5) is 8.00. The SMILES string of the molecule is COCCOCCCOCc1cnc(N)cn1. The van der Waals surface area contributed by atoms with Crippen molar-refractivity contribution in [1.29, 1.82) is 0 Å². The highest BCUT2D eigenvalue weighted by Gasteiger charge is 1.96. The average molecular weight is 241 g/mol. The van der Waals surface area contributed by atoms with Crippen LogP contribution in [0.3, 0.4) is 0 Å². The molecule has 0 atom stereocenters. The van der Waals surface area contributed by atoms with Gasteiger partial charge in [-0.1, -0.05) is 0 Å². The summed E-state index contributed by atoms with van der Waals surface area (Å²) in [6, 6.07) is 0. The van der Waals surface area contributed by atoms with Crippen molar-refractivity contribution < 1.29 is 14.2 Å². The van der Waals surface area contributed by atoms with Crippen molar-refractivity contribution >= 4 is 5.82 Å². The molecular formula is C11H19N3O3. The molecule has 0 unspecified atom stereocenters. The molecule has 0 saturated carbocycles. The number of rotatable bonds is 9. The molecule has 2 N–H and O–H groups in total. The molecule has 0 bridgehead atoms. The highest BCUT2D eigenvalue weighted by atomic mass is 16.5. The van der Waals surface area contributed by atoms with E-state index in [4.69, 9.17) is 19.9 Å². The first kappa shape index (κ1) is 13.8. The molecule has 0 spiro atoms. The summed E-state index contributed by atoms with van der Waals surface area (Å²) in [7, 11) is 1.65. The van der Waals surface area contributed by atoms with Crippen LogP contribution in [-0.2, 0) is 20.8 Å². The van der Waals surface area contributed by atoms with Gasteiger partial charge in [-0.2, -0.15) is 0 Å². The van der Waals surface area contributed by atoms with Crippen LogP contribution in [0.25, 0.3) is 0 Å². The fourth-order valence-corrected chi connectivity index (χ4v) is 1.12. The lowest BCUT2D eigenvalue weighted by Crippen LogP contribution is -2.06. The van der Waals surface area contributed by atoms with E-state index in [2.05, 4.69) is 9.97 Å². The molecule has 0 aliphatic rings. The molecule has 0 aliphatic carbocycles. The van der Waals surface area contributed by atoms with E-state index in [0.717, 1.165) is 12.1 Å². The highest BCUT2D eigenvalue weighted by molar-refractivity contribution is 5.22. The summed E-state index contributed by atoms with van der Waals surface area (Å²) >= 11 is 0. The van der Waals surface area contributed by atoms with Crippen LogP contribution in [0.2, 0.25) is 0 Å². The number of nitrogen functional groups attached to an aromatic ring is 1. The smallest absolute Gasteiger partial charge is 0.141 e. The molecule has 6 heteroatoms. The van der Waals surface area contributed by atoms with Crippen molar-refractivity contribution in [2.75, 3.05) is 39.3 Å². The highest BCUT2D eigenvalue weighted by Crippen LogP contribution is 1.98. The first-order valence-corrected chi connectivity index (χ1v) is 5.53. The van der Waals surface area contributed by atoms with Gasteiger partial charge in [-0.15, -0.1) is 0 Å². The number of anilines is 1. The van der Waals surface area contributed by atoms with Crippen molar-refractivity contribution in [2.45, 2.75) is 13.0 Å². The van der Waals surface area contributed by atoms with Gasteiger partial charge in [0.2, 0.25) is 0 Å². The van der Waals surface area contributed by atoms with Crippen molar-refractivity contribution in [3.63, 3.8) is 0 Å². The number of nitrogens with two attached hydrogens (primary N) is 1. The molecule has 1 heterocycles. The van der Waals surface area contributed by atoms with E-state index in [1.807, 2.05) is 0 Å². The Balaban J connectivity index is 1.95. The van der Waals surface area contributed by atoms with Crippen molar-refractivity contribution in [3.05, 3.63) is 18.1 Å². The zero-order valence-electron chi connectivity index (χ0n) is 10.1. The first-order valence-electron chi connectivity index (χ1n) is 5.53. The molecule has 0 amide bonds. The van der Waals surface area contributed by atoms with Crippen LogP contribution in [0.4, 0.5) is 5.82 Å². The monoisotopic (exact) mass is 241 g/mol. The Morgan fingerprint density at radius 2 is 1.88 bits per heavy atom. The predicted molar refractivity (Wildman–Crippen MR) is 63.4 cm³/mol. The second kappa shape index (κ2) is 8.86. The van der Waals surface area contributed by atoms with Crippen LogP contribution in [0.15, 0.2) is 12.4 Å². The Hall–Kier alpha value is -1.24. The normalized spacial score (nSPS) is 10.6. The van der Waals surface area contributed by atoms with Crippen LogP contribution in [0.5, 0.6) is 0 Å². The van der Waals surface area contributed by atoms with E-state index in [1.54, 1.807) is 13.3 Å². The van der Waals surface area contributed by atoms with Crippen molar-refractivity contribution in [3.8, 4) is 0 Å². The number of hydrogen-bond acceptors (Lipinski definition) is 6. The Morgan fingerprint density at radius 1 is 1.06 bits per heavy atom. The van der Waals surface area contributed by atoms with Crippen molar-refractivity contribution in [1.82, 2.24) is 9.97 Å². The van der Waals surface area contributed by atoms with E-state index in [1.165, 1.54) is 6.20 Å². The quantitative estimate of drug-likeness (QED) is 0.639. The van der Waals surface area contributed by atoms with Gasteiger partial charge >= 0.3 is 0 Å². The molecule has 96 valence electrons. The van der Waals surface area contributed by atoms with Gasteiger partial charge in [-0.05, 0) is 6.42 Å². The molecular weight excluding hydrogens is 222 g/mol. The van der Waals surface area contributed by atoms with Gasteiger partial charge in [-0.3, -0.25) is 4.98 Å². The number of aromatic nitrogens is 2. The Labute approximate surface area is 101 Å². The van der Waals surface area contributed by atoms with Gasteiger partial charge in [0.25, 0.3) is 0 Å². The van der Waals surface area contributed by atoms with Gasteiger partial charge in [-0.25, -0.2) is 4.98 Å². The van der Waals surface area contributed by atoms with E-state index < -0.39 is 0 Å². The molecule has 0 aromatic carbocycles. The van der Waals surface area contributed by atoms with Crippen LogP contribution < -0.4 is 5.73 Å². The largest absolute Gasteiger partial charge is 0.382 e. The molecule has 1 aromatic rings. The van der Waals surface area contributed by atoms with Gasteiger partial charge in [0.05, 0.1) is 37.9 Å². The first-order chi connectivity index (χ1) is 8.33. The fraction of sp³-hybridized carbons (Fsp3) is 0.636. The fourth-order valence-electron chi connectivity index (χ4n) is 1.12.